The fraction of sp³-hybridized carbons (Fsp3) is 0.300. The van der Waals surface area contributed by atoms with Crippen LogP contribution in [0.25, 0.3) is 0 Å². The topological polar surface area (TPSA) is 37.3 Å². The normalized spacial score (nSPS) is 11.5. The van der Waals surface area contributed by atoms with Gasteiger partial charge in [0.15, 0.2) is 0 Å². The molecule has 0 radical (unpaired) electrons. The second-order valence-corrected chi connectivity index (χ2v) is 4.08. The Hall–Kier alpha value is -1.04. The van der Waals surface area contributed by atoms with E-state index in [0.717, 1.165) is 6.07 Å². The van der Waals surface area contributed by atoms with E-state index >= 15 is 0 Å². The number of carbonyl (C=O) groups excluding carboxylic acids is 1. The van der Waals surface area contributed by atoms with Gasteiger partial charge in [-0.05, 0) is 24.1 Å². The first-order valence-corrected chi connectivity index (χ1v) is 5.17. The lowest BCUT2D eigenvalue weighted by Crippen LogP contribution is -2.06. The second kappa shape index (κ2) is 4.86. The zero-order valence-corrected chi connectivity index (χ0v) is 9.60. The molecule has 1 N–H and O–H groups in total. The lowest BCUT2D eigenvalue weighted by Gasteiger charge is -2.12. The van der Waals surface area contributed by atoms with Crippen LogP contribution in [-0.2, 0) is 17.4 Å². The monoisotopic (exact) mass is 296 g/mol. The first kappa shape index (κ1) is 13.0. The highest BCUT2D eigenvalue weighted by molar-refractivity contribution is 9.10. The molecule has 0 aromatic heterocycles. The molecule has 0 atom stereocenters. The predicted octanol–water partition coefficient (Wildman–Crippen LogP) is 3.31. The highest BCUT2D eigenvalue weighted by atomic mass is 79.9. The number of rotatable bonds is 3. The average Bonchev–Trinajstić information content (AvgIpc) is 2.17. The maximum atomic E-state index is 12.5. The summed E-state index contributed by atoms with van der Waals surface area (Å²) in [5.41, 5.74) is -0.989. The Labute approximate surface area is 98.2 Å². The van der Waals surface area contributed by atoms with Crippen LogP contribution in [0.2, 0.25) is 0 Å². The number of carbonyl (C=O) groups is 1. The van der Waals surface area contributed by atoms with Crippen LogP contribution in [0.15, 0.2) is 16.6 Å². The van der Waals surface area contributed by atoms with Crippen molar-refractivity contribution in [2.45, 2.75) is 19.0 Å². The molecule has 1 aromatic rings. The van der Waals surface area contributed by atoms with Gasteiger partial charge in [-0.25, -0.2) is 0 Å². The molecule has 2 nitrogen and oxygen atoms in total. The Morgan fingerprint density at radius 2 is 2.00 bits per heavy atom. The van der Waals surface area contributed by atoms with Gasteiger partial charge >= 0.3 is 6.18 Å². The third-order valence-corrected chi connectivity index (χ3v) is 2.45. The van der Waals surface area contributed by atoms with E-state index in [1.165, 1.54) is 6.07 Å². The first-order chi connectivity index (χ1) is 7.36. The van der Waals surface area contributed by atoms with Crippen LogP contribution < -0.4 is 0 Å². The molecular weight excluding hydrogens is 289 g/mol. The molecule has 0 aliphatic heterocycles. The Balaban J connectivity index is 3.21. The van der Waals surface area contributed by atoms with Crippen LogP contribution in [0.5, 0.6) is 5.75 Å². The van der Waals surface area contributed by atoms with Crippen molar-refractivity contribution in [3.63, 3.8) is 0 Å². The molecule has 0 amide bonds. The van der Waals surface area contributed by atoms with E-state index in [2.05, 4.69) is 15.9 Å². The molecule has 0 fully saturated rings. The third-order valence-electron chi connectivity index (χ3n) is 1.99. The van der Waals surface area contributed by atoms with Gasteiger partial charge in [-0.2, -0.15) is 13.2 Å². The molecule has 88 valence electrons. The van der Waals surface area contributed by atoms with E-state index in [0.29, 0.717) is 6.29 Å². The highest BCUT2D eigenvalue weighted by Crippen LogP contribution is 2.39. The molecule has 0 heterocycles. The van der Waals surface area contributed by atoms with Gasteiger partial charge in [0.1, 0.15) is 12.0 Å². The number of aryl methyl sites for hydroxylation is 1. The number of benzene rings is 1. The molecular formula is C10H8BrF3O2. The van der Waals surface area contributed by atoms with Crippen molar-refractivity contribution in [2.75, 3.05) is 0 Å². The molecule has 0 spiro atoms. The van der Waals surface area contributed by atoms with E-state index in [1.807, 2.05) is 0 Å². The number of phenolic OH excluding ortho intramolecular Hbond substituents is 1. The lowest BCUT2D eigenvalue weighted by atomic mass is 10.0. The van der Waals surface area contributed by atoms with Crippen LogP contribution in [0.4, 0.5) is 13.2 Å². The molecule has 0 bridgehead atoms. The van der Waals surface area contributed by atoms with Gasteiger partial charge in [-0.1, -0.05) is 15.9 Å². The fourth-order valence-electron chi connectivity index (χ4n) is 1.28. The van der Waals surface area contributed by atoms with Gasteiger partial charge in [-0.15, -0.1) is 0 Å². The minimum Gasteiger partial charge on any atom is -0.507 e. The van der Waals surface area contributed by atoms with Gasteiger partial charge in [-0.3, -0.25) is 0 Å². The number of hydrogen-bond donors (Lipinski definition) is 1. The Bertz CT molecular complexity index is 402. The largest absolute Gasteiger partial charge is 0.507 e. The minimum atomic E-state index is -4.61. The molecule has 16 heavy (non-hydrogen) atoms. The maximum Gasteiger partial charge on any atom is 0.420 e. The van der Waals surface area contributed by atoms with Crippen molar-refractivity contribution in [1.82, 2.24) is 0 Å². The van der Waals surface area contributed by atoms with Gasteiger partial charge in [0.25, 0.3) is 0 Å². The van der Waals surface area contributed by atoms with Crippen molar-refractivity contribution >= 4 is 22.2 Å². The zero-order chi connectivity index (χ0) is 12.3. The van der Waals surface area contributed by atoms with Gasteiger partial charge in [0, 0.05) is 10.9 Å². The fourth-order valence-corrected chi connectivity index (χ4v) is 1.78. The number of halogens is 4. The van der Waals surface area contributed by atoms with E-state index in [-0.39, 0.29) is 22.9 Å². The number of hydrogen-bond acceptors (Lipinski definition) is 2. The van der Waals surface area contributed by atoms with E-state index in [9.17, 15) is 23.1 Å². The quantitative estimate of drug-likeness (QED) is 0.869. The number of aromatic hydroxyl groups is 1. The summed E-state index contributed by atoms with van der Waals surface area (Å²) in [6, 6.07) is 2.17. The summed E-state index contributed by atoms with van der Waals surface area (Å²) in [7, 11) is 0. The van der Waals surface area contributed by atoms with Crippen LogP contribution in [0.3, 0.4) is 0 Å². The lowest BCUT2D eigenvalue weighted by molar-refractivity contribution is -0.138. The SMILES string of the molecule is O=CCCc1cc(Br)cc(C(F)(F)F)c1O. The average molecular weight is 297 g/mol. The summed E-state index contributed by atoms with van der Waals surface area (Å²) in [6.07, 6.45) is -3.86. The number of phenols is 1. The maximum absolute atomic E-state index is 12.5. The molecule has 0 saturated heterocycles. The molecule has 0 aliphatic rings. The molecule has 0 aliphatic carbocycles. The number of alkyl halides is 3. The smallest absolute Gasteiger partial charge is 0.420 e. The molecule has 0 unspecified atom stereocenters. The second-order valence-electron chi connectivity index (χ2n) is 3.16. The molecule has 0 saturated carbocycles. The summed E-state index contributed by atoms with van der Waals surface area (Å²) < 4.78 is 37.7. The molecule has 1 aromatic carbocycles. The van der Waals surface area contributed by atoms with Crippen molar-refractivity contribution in [1.29, 1.82) is 0 Å². The molecule has 6 heteroatoms. The van der Waals surface area contributed by atoms with Crippen molar-refractivity contribution in [3.8, 4) is 5.75 Å². The minimum absolute atomic E-state index is 0.0707. The Morgan fingerprint density at radius 3 is 2.50 bits per heavy atom. The summed E-state index contributed by atoms with van der Waals surface area (Å²) in [5.74, 6) is -0.808. The van der Waals surface area contributed by atoms with Gasteiger partial charge in [0.2, 0.25) is 0 Å². The first-order valence-electron chi connectivity index (χ1n) is 4.38. The van der Waals surface area contributed by atoms with Crippen LogP contribution >= 0.6 is 15.9 Å². The van der Waals surface area contributed by atoms with Gasteiger partial charge in [0.05, 0.1) is 5.56 Å². The Kier molecular flexibility index (Phi) is 3.96. The van der Waals surface area contributed by atoms with Crippen LogP contribution in [0.1, 0.15) is 17.5 Å². The van der Waals surface area contributed by atoms with E-state index in [4.69, 9.17) is 0 Å². The highest BCUT2D eigenvalue weighted by Gasteiger charge is 2.35. The Morgan fingerprint density at radius 1 is 1.38 bits per heavy atom. The summed E-state index contributed by atoms with van der Waals surface area (Å²) in [6.45, 7) is 0. The van der Waals surface area contributed by atoms with E-state index in [1.54, 1.807) is 0 Å². The van der Waals surface area contributed by atoms with E-state index < -0.39 is 17.5 Å². The standard InChI is InChI=1S/C10H8BrF3O2/c11-7-4-6(2-1-3-15)9(16)8(5-7)10(12,13)14/h3-5,16H,1-2H2. The van der Waals surface area contributed by atoms with Crippen LogP contribution in [0, 0.1) is 0 Å². The van der Waals surface area contributed by atoms with Crippen molar-refractivity contribution < 1.29 is 23.1 Å². The summed E-state index contributed by atoms with van der Waals surface area (Å²) in [4.78, 5) is 10.1. The summed E-state index contributed by atoms with van der Waals surface area (Å²) in [5, 5.41) is 9.42. The van der Waals surface area contributed by atoms with Crippen LogP contribution in [-0.4, -0.2) is 11.4 Å². The van der Waals surface area contributed by atoms with Crippen molar-refractivity contribution in [3.05, 3.63) is 27.7 Å². The molecule has 1 rings (SSSR count). The summed E-state index contributed by atoms with van der Waals surface area (Å²) >= 11 is 2.93. The zero-order valence-electron chi connectivity index (χ0n) is 8.01. The number of aldehydes is 1. The van der Waals surface area contributed by atoms with Gasteiger partial charge < -0.3 is 9.90 Å². The third kappa shape index (κ3) is 2.98. The predicted molar refractivity (Wildman–Crippen MR) is 55.2 cm³/mol. The van der Waals surface area contributed by atoms with Crippen molar-refractivity contribution in [2.24, 2.45) is 0 Å².